The second kappa shape index (κ2) is 5.13. The quantitative estimate of drug-likeness (QED) is 0.802. The van der Waals surface area contributed by atoms with E-state index in [-0.39, 0.29) is 18.0 Å². The van der Waals surface area contributed by atoms with Crippen molar-refractivity contribution in [2.45, 2.75) is 6.18 Å². The van der Waals surface area contributed by atoms with Crippen molar-refractivity contribution in [1.82, 2.24) is 9.78 Å². The van der Waals surface area contributed by atoms with Crippen LogP contribution in [-0.2, 0) is 11.0 Å². The Kier molecular flexibility index (Phi) is 3.55. The van der Waals surface area contributed by atoms with Gasteiger partial charge in [0.05, 0.1) is 23.6 Å². The number of benzene rings is 1. The molecule has 2 aromatic rings. The zero-order chi connectivity index (χ0) is 13.9. The van der Waals surface area contributed by atoms with E-state index in [9.17, 15) is 18.0 Å². The van der Waals surface area contributed by atoms with Gasteiger partial charge in [-0.25, -0.2) is 4.68 Å². The normalized spacial score (nSPS) is 11.3. The molecule has 1 heterocycles. The van der Waals surface area contributed by atoms with Gasteiger partial charge in [0.1, 0.15) is 6.61 Å². The van der Waals surface area contributed by atoms with E-state index < -0.39 is 11.7 Å². The topological polar surface area (TPSA) is 44.1 Å². The standard InChI is InChI=1S/C12H9F3N2O2/c13-12(14,15)10-3-1-2-4-11(10)17-8-9(7-16-17)19-6-5-18/h1-5,7-8H,6H2. The molecule has 0 radical (unpaired) electrons. The minimum Gasteiger partial charge on any atom is -0.483 e. The fourth-order valence-electron chi connectivity index (χ4n) is 1.56. The van der Waals surface area contributed by atoms with Crippen molar-refractivity contribution < 1.29 is 22.7 Å². The van der Waals surface area contributed by atoms with Gasteiger partial charge in [-0.3, -0.25) is 4.79 Å². The fraction of sp³-hybridized carbons (Fsp3) is 0.167. The summed E-state index contributed by atoms with van der Waals surface area (Å²) in [6.07, 6.45) is -1.39. The number of alkyl halides is 3. The number of rotatable bonds is 4. The number of nitrogens with zero attached hydrogens (tertiary/aromatic N) is 2. The first kappa shape index (κ1) is 13.1. The highest BCUT2D eigenvalue weighted by Crippen LogP contribution is 2.33. The molecule has 0 bridgehead atoms. The molecule has 1 aromatic heterocycles. The number of ether oxygens (including phenoxy) is 1. The van der Waals surface area contributed by atoms with Crippen molar-refractivity contribution >= 4 is 6.29 Å². The molecule has 7 heteroatoms. The molecule has 0 aliphatic rings. The maximum absolute atomic E-state index is 12.8. The minimum absolute atomic E-state index is 0.101. The number of carbonyl (C=O) groups excluding carboxylic acids is 1. The van der Waals surface area contributed by atoms with Crippen LogP contribution in [0.5, 0.6) is 5.75 Å². The van der Waals surface area contributed by atoms with E-state index in [2.05, 4.69) is 5.10 Å². The monoisotopic (exact) mass is 270 g/mol. The van der Waals surface area contributed by atoms with Crippen LogP contribution in [0.4, 0.5) is 13.2 Å². The summed E-state index contributed by atoms with van der Waals surface area (Å²) in [7, 11) is 0. The molecule has 0 aliphatic heterocycles. The number of para-hydroxylation sites is 1. The van der Waals surface area contributed by atoms with Gasteiger partial charge >= 0.3 is 6.18 Å². The van der Waals surface area contributed by atoms with E-state index in [0.717, 1.165) is 10.7 Å². The third kappa shape index (κ3) is 2.93. The molecule has 19 heavy (non-hydrogen) atoms. The van der Waals surface area contributed by atoms with Crippen molar-refractivity contribution in [2.24, 2.45) is 0 Å². The van der Waals surface area contributed by atoms with Gasteiger partial charge in [-0.05, 0) is 12.1 Å². The Morgan fingerprint density at radius 1 is 1.32 bits per heavy atom. The van der Waals surface area contributed by atoms with Crippen molar-refractivity contribution in [3.05, 3.63) is 42.2 Å². The van der Waals surface area contributed by atoms with E-state index in [4.69, 9.17) is 4.74 Å². The van der Waals surface area contributed by atoms with E-state index >= 15 is 0 Å². The van der Waals surface area contributed by atoms with E-state index in [1.807, 2.05) is 0 Å². The van der Waals surface area contributed by atoms with Crippen LogP contribution in [0.2, 0.25) is 0 Å². The van der Waals surface area contributed by atoms with Crippen molar-refractivity contribution in [2.75, 3.05) is 6.61 Å². The number of carbonyl (C=O) groups is 1. The summed E-state index contributed by atoms with van der Waals surface area (Å²) in [4.78, 5) is 10.1. The van der Waals surface area contributed by atoms with E-state index in [1.165, 1.54) is 30.6 Å². The molecule has 0 amide bonds. The van der Waals surface area contributed by atoms with Crippen LogP contribution in [0.25, 0.3) is 5.69 Å². The second-order valence-corrected chi connectivity index (χ2v) is 3.61. The first-order chi connectivity index (χ1) is 9.02. The second-order valence-electron chi connectivity index (χ2n) is 3.61. The molecule has 0 unspecified atom stereocenters. The van der Waals surface area contributed by atoms with Crippen molar-refractivity contribution in [3.63, 3.8) is 0 Å². The average molecular weight is 270 g/mol. The molecule has 0 spiro atoms. The lowest BCUT2D eigenvalue weighted by Crippen LogP contribution is -2.10. The van der Waals surface area contributed by atoms with E-state index in [0.29, 0.717) is 6.29 Å². The lowest BCUT2D eigenvalue weighted by atomic mass is 10.2. The van der Waals surface area contributed by atoms with Crippen molar-refractivity contribution in [1.29, 1.82) is 0 Å². The Bertz CT molecular complexity index is 578. The number of aromatic nitrogens is 2. The van der Waals surface area contributed by atoms with Gasteiger partial charge in [-0.2, -0.15) is 18.3 Å². The average Bonchev–Trinajstić information content (AvgIpc) is 2.84. The summed E-state index contributed by atoms with van der Waals surface area (Å²) < 4.78 is 44.5. The summed E-state index contributed by atoms with van der Waals surface area (Å²) in [5.74, 6) is 0.226. The molecule has 0 fully saturated rings. The molecule has 2 rings (SSSR count). The predicted molar refractivity (Wildman–Crippen MR) is 60.1 cm³/mol. The van der Waals surface area contributed by atoms with Crippen LogP contribution in [0.15, 0.2) is 36.7 Å². The Morgan fingerprint density at radius 2 is 2.05 bits per heavy atom. The highest BCUT2D eigenvalue weighted by molar-refractivity contribution is 5.51. The zero-order valence-corrected chi connectivity index (χ0v) is 9.59. The first-order valence-corrected chi connectivity index (χ1v) is 5.30. The molecule has 0 atom stereocenters. The summed E-state index contributed by atoms with van der Waals surface area (Å²) in [6.45, 7) is -0.174. The summed E-state index contributed by atoms with van der Waals surface area (Å²) in [5.41, 5.74) is -0.893. The SMILES string of the molecule is O=CCOc1cnn(-c2ccccc2C(F)(F)F)c1. The molecule has 0 aliphatic carbocycles. The smallest absolute Gasteiger partial charge is 0.418 e. The number of halogens is 3. The lowest BCUT2D eigenvalue weighted by molar-refractivity contribution is -0.137. The zero-order valence-electron chi connectivity index (χ0n) is 9.59. The van der Waals surface area contributed by atoms with E-state index in [1.54, 1.807) is 0 Å². The molecule has 0 saturated carbocycles. The van der Waals surface area contributed by atoms with Gasteiger partial charge < -0.3 is 4.74 Å². The van der Waals surface area contributed by atoms with Crippen LogP contribution >= 0.6 is 0 Å². The Labute approximate surface area is 106 Å². The maximum Gasteiger partial charge on any atom is 0.418 e. The number of aldehydes is 1. The summed E-state index contributed by atoms with van der Waals surface area (Å²) in [6, 6.07) is 5.07. The number of hydrogen-bond acceptors (Lipinski definition) is 3. The highest BCUT2D eigenvalue weighted by atomic mass is 19.4. The third-order valence-electron chi connectivity index (χ3n) is 2.33. The first-order valence-electron chi connectivity index (χ1n) is 5.30. The molecule has 0 saturated heterocycles. The molecule has 1 aromatic carbocycles. The molecule has 100 valence electrons. The Hall–Kier alpha value is -2.31. The van der Waals surface area contributed by atoms with Crippen LogP contribution in [0.3, 0.4) is 0 Å². The number of hydrogen-bond donors (Lipinski definition) is 0. The van der Waals surface area contributed by atoms with Crippen LogP contribution in [-0.4, -0.2) is 22.7 Å². The van der Waals surface area contributed by atoms with Crippen LogP contribution in [0.1, 0.15) is 5.56 Å². The van der Waals surface area contributed by atoms with Crippen LogP contribution < -0.4 is 4.74 Å². The van der Waals surface area contributed by atoms with Gasteiger partial charge in [0.2, 0.25) is 0 Å². The lowest BCUT2D eigenvalue weighted by Gasteiger charge is -2.11. The van der Waals surface area contributed by atoms with Gasteiger partial charge in [0.25, 0.3) is 0 Å². The summed E-state index contributed by atoms with van der Waals surface area (Å²) >= 11 is 0. The Balaban J connectivity index is 2.36. The summed E-state index contributed by atoms with van der Waals surface area (Å²) in [5, 5.41) is 3.79. The fourth-order valence-corrected chi connectivity index (χ4v) is 1.56. The van der Waals surface area contributed by atoms with Crippen LogP contribution in [0, 0.1) is 0 Å². The highest BCUT2D eigenvalue weighted by Gasteiger charge is 2.33. The maximum atomic E-state index is 12.8. The largest absolute Gasteiger partial charge is 0.483 e. The van der Waals surface area contributed by atoms with Gasteiger partial charge in [-0.15, -0.1) is 0 Å². The van der Waals surface area contributed by atoms with Gasteiger partial charge in [0, 0.05) is 0 Å². The Morgan fingerprint density at radius 3 is 2.74 bits per heavy atom. The molecule has 0 N–H and O–H groups in total. The van der Waals surface area contributed by atoms with Crippen molar-refractivity contribution in [3.8, 4) is 11.4 Å². The van der Waals surface area contributed by atoms with Gasteiger partial charge in [-0.1, -0.05) is 12.1 Å². The molecular weight excluding hydrogens is 261 g/mol. The molecular formula is C12H9F3N2O2. The van der Waals surface area contributed by atoms with Gasteiger partial charge in [0.15, 0.2) is 12.0 Å². The minimum atomic E-state index is -4.47. The third-order valence-corrected chi connectivity index (χ3v) is 2.33. The predicted octanol–water partition coefficient (Wildman–Crippen LogP) is 2.47. The molecule has 4 nitrogen and oxygen atoms in total.